The van der Waals surface area contributed by atoms with Crippen LogP contribution >= 0.6 is 0 Å². The monoisotopic (exact) mass is 284 g/mol. The molecule has 1 unspecified atom stereocenters. The lowest BCUT2D eigenvalue weighted by Gasteiger charge is -2.29. The molecule has 0 amide bonds. The van der Waals surface area contributed by atoms with E-state index in [2.05, 4.69) is 52.0 Å². The van der Waals surface area contributed by atoms with Gasteiger partial charge in [-0.05, 0) is 50.0 Å². The maximum atomic E-state index is 6.11. The molecule has 1 atom stereocenters. The molecule has 1 aromatic carbocycles. The molecule has 1 aliphatic heterocycles. The summed E-state index contributed by atoms with van der Waals surface area (Å²) in [6.07, 6.45) is 6.47. The van der Waals surface area contributed by atoms with Gasteiger partial charge in [0, 0.05) is 17.0 Å². The average molecular weight is 284 g/mol. The Kier molecular flexibility index (Phi) is 3.35. The molecule has 2 nitrogen and oxygen atoms in total. The number of benzene rings is 1. The summed E-state index contributed by atoms with van der Waals surface area (Å²) in [5, 5.41) is 0. The third-order valence-corrected chi connectivity index (χ3v) is 4.57. The zero-order valence-electron chi connectivity index (χ0n) is 13.6. The van der Waals surface area contributed by atoms with Gasteiger partial charge in [-0.3, -0.25) is 0 Å². The normalized spacial score (nSPS) is 21.9. The highest BCUT2D eigenvalue weighted by Crippen LogP contribution is 2.50. The van der Waals surface area contributed by atoms with Crippen LogP contribution in [-0.2, 0) is 4.74 Å². The van der Waals surface area contributed by atoms with Gasteiger partial charge in [0.25, 0.3) is 0 Å². The van der Waals surface area contributed by atoms with Crippen molar-refractivity contribution < 1.29 is 9.47 Å². The third kappa shape index (κ3) is 2.08. The van der Waals surface area contributed by atoms with E-state index in [1.54, 1.807) is 7.11 Å². The smallest absolute Gasteiger partial charge is 0.128 e. The van der Waals surface area contributed by atoms with Gasteiger partial charge in [0.1, 0.15) is 17.1 Å². The summed E-state index contributed by atoms with van der Waals surface area (Å²) in [6, 6.07) is 4.34. The van der Waals surface area contributed by atoms with Crippen LogP contribution in [0.4, 0.5) is 0 Å². The van der Waals surface area contributed by atoms with Crippen LogP contribution < -0.4 is 4.74 Å². The molecule has 0 aromatic heterocycles. The second-order valence-corrected chi connectivity index (χ2v) is 6.35. The first kappa shape index (κ1) is 14.2. The third-order valence-electron chi connectivity index (χ3n) is 4.57. The summed E-state index contributed by atoms with van der Waals surface area (Å²) in [5.41, 5.74) is 4.98. The van der Waals surface area contributed by atoms with Crippen molar-refractivity contribution in [3.05, 3.63) is 40.5 Å². The van der Waals surface area contributed by atoms with Crippen molar-refractivity contribution >= 4 is 11.8 Å². The van der Waals surface area contributed by atoms with Crippen LogP contribution in [0.25, 0.3) is 11.8 Å². The molecule has 2 heteroatoms. The quantitative estimate of drug-likeness (QED) is 0.764. The lowest BCUT2D eigenvalue weighted by atomic mass is 9.90. The van der Waals surface area contributed by atoms with Gasteiger partial charge in [0.05, 0.1) is 7.11 Å². The molecular weight excluding hydrogens is 260 g/mol. The SMILES string of the molecule is CCC1=C(OC)c2c(ccc3c2C=CC(C)(C)O3)C1CC. The molecule has 1 heterocycles. The van der Waals surface area contributed by atoms with Crippen LogP contribution in [0, 0.1) is 0 Å². The highest BCUT2D eigenvalue weighted by atomic mass is 16.5. The van der Waals surface area contributed by atoms with E-state index in [-0.39, 0.29) is 5.60 Å². The Bertz CT molecular complexity index is 635. The van der Waals surface area contributed by atoms with Crippen LogP contribution in [0.1, 0.15) is 63.1 Å². The first-order valence-electron chi connectivity index (χ1n) is 7.85. The van der Waals surface area contributed by atoms with Crippen molar-refractivity contribution in [1.82, 2.24) is 0 Å². The summed E-state index contributed by atoms with van der Waals surface area (Å²) in [6.45, 7) is 8.63. The Morgan fingerprint density at radius 1 is 1.24 bits per heavy atom. The van der Waals surface area contributed by atoms with Crippen LogP contribution in [0.5, 0.6) is 5.75 Å². The number of hydrogen-bond acceptors (Lipinski definition) is 2. The second kappa shape index (κ2) is 4.94. The summed E-state index contributed by atoms with van der Waals surface area (Å²) >= 11 is 0. The Labute approximate surface area is 127 Å². The van der Waals surface area contributed by atoms with Crippen LogP contribution in [0.15, 0.2) is 23.8 Å². The predicted molar refractivity (Wildman–Crippen MR) is 87.4 cm³/mol. The maximum Gasteiger partial charge on any atom is 0.128 e. The minimum Gasteiger partial charge on any atom is -0.496 e. The molecule has 0 bridgehead atoms. The van der Waals surface area contributed by atoms with Gasteiger partial charge in [-0.25, -0.2) is 0 Å². The minimum atomic E-state index is -0.242. The molecule has 0 fully saturated rings. The molecule has 1 aromatic rings. The number of allylic oxidation sites excluding steroid dienone is 1. The van der Waals surface area contributed by atoms with Crippen molar-refractivity contribution in [2.45, 2.75) is 52.1 Å². The fourth-order valence-corrected chi connectivity index (χ4v) is 3.63. The topological polar surface area (TPSA) is 18.5 Å². The van der Waals surface area contributed by atoms with Crippen LogP contribution in [-0.4, -0.2) is 12.7 Å². The lowest BCUT2D eigenvalue weighted by Crippen LogP contribution is -2.27. The van der Waals surface area contributed by atoms with Crippen molar-refractivity contribution in [1.29, 1.82) is 0 Å². The van der Waals surface area contributed by atoms with Gasteiger partial charge in [-0.1, -0.05) is 26.0 Å². The second-order valence-electron chi connectivity index (χ2n) is 6.35. The molecule has 3 rings (SSSR count). The lowest BCUT2D eigenvalue weighted by molar-refractivity contribution is 0.159. The van der Waals surface area contributed by atoms with E-state index in [1.165, 1.54) is 22.3 Å². The zero-order chi connectivity index (χ0) is 15.2. The summed E-state index contributed by atoms with van der Waals surface area (Å²) in [4.78, 5) is 0. The van der Waals surface area contributed by atoms with E-state index in [0.717, 1.165) is 24.4 Å². The van der Waals surface area contributed by atoms with Crippen molar-refractivity contribution in [2.75, 3.05) is 7.11 Å². The minimum absolute atomic E-state index is 0.242. The van der Waals surface area contributed by atoms with E-state index >= 15 is 0 Å². The van der Waals surface area contributed by atoms with E-state index < -0.39 is 0 Å². The van der Waals surface area contributed by atoms with Gasteiger partial charge in [-0.2, -0.15) is 0 Å². The number of rotatable bonds is 3. The fraction of sp³-hybridized carbons (Fsp3) is 0.474. The molecule has 112 valence electrons. The molecular formula is C19H24O2. The van der Waals surface area contributed by atoms with Crippen molar-refractivity contribution in [3.63, 3.8) is 0 Å². The standard InChI is InChI=1S/C19H24O2/c1-6-12-13(7-2)18(20-5)17-14(12)8-9-16-15(17)10-11-19(3,4)21-16/h8-12H,6-7H2,1-5H3. The van der Waals surface area contributed by atoms with Gasteiger partial charge in [-0.15, -0.1) is 0 Å². The first-order valence-corrected chi connectivity index (χ1v) is 7.85. The molecule has 0 radical (unpaired) electrons. The first-order chi connectivity index (χ1) is 10.0. The molecule has 0 saturated carbocycles. The van der Waals surface area contributed by atoms with E-state index in [9.17, 15) is 0 Å². The number of fused-ring (bicyclic) bond motifs is 3. The molecule has 0 spiro atoms. The summed E-state index contributed by atoms with van der Waals surface area (Å²) in [5.74, 6) is 2.50. The molecule has 0 saturated heterocycles. The number of methoxy groups -OCH3 is 1. The molecule has 2 aliphatic rings. The number of hydrogen-bond donors (Lipinski definition) is 0. The van der Waals surface area contributed by atoms with Crippen LogP contribution in [0.3, 0.4) is 0 Å². The highest BCUT2D eigenvalue weighted by Gasteiger charge is 2.34. The zero-order valence-corrected chi connectivity index (χ0v) is 13.6. The molecule has 0 N–H and O–H groups in total. The maximum absolute atomic E-state index is 6.11. The Morgan fingerprint density at radius 3 is 2.62 bits per heavy atom. The Balaban J connectivity index is 2.22. The van der Waals surface area contributed by atoms with E-state index in [4.69, 9.17) is 9.47 Å². The van der Waals surface area contributed by atoms with Gasteiger partial charge in [0.2, 0.25) is 0 Å². The number of ether oxygens (including phenoxy) is 2. The van der Waals surface area contributed by atoms with Crippen LogP contribution in [0.2, 0.25) is 0 Å². The highest BCUT2D eigenvalue weighted by molar-refractivity contribution is 5.84. The predicted octanol–water partition coefficient (Wildman–Crippen LogP) is 5.15. The van der Waals surface area contributed by atoms with Crippen molar-refractivity contribution in [2.24, 2.45) is 0 Å². The van der Waals surface area contributed by atoms with Gasteiger partial charge < -0.3 is 9.47 Å². The molecule has 1 aliphatic carbocycles. The van der Waals surface area contributed by atoms with Gasteiger partial charge >= 0.3 is 0 Å². The van der Waals surface area contributed by atoms with Gasteiger partial charge in [0.15, 0.2) is 0 Å². The van der Waals surface area contributed by atoms with E-state index in [1.807, 2.05) is 0 Å². The molecule has 21 heavy (non-hydrogen) atoms. The Hall–Kier alpha value is -1.70. The Morgan fingerprint density at radius 2 is 2.00 bits per heavy atom. The largest absolute Gasteiger partial charge is 0.496 e. The van der Waals surface area contributed by atoms with E-state index in [0.29, 0.717) is 5.92 Å². The summed E-state index contributed by atoms with van der Waals surface area (Å²) < 4.78 is 11.9. The fourth-order valence-electron chi connectivity index (χ4n) is 3.63. The van der Waals surface area contributed by atoms with Crippen molar-refractivity contribution in [3.8, 4) is 5.75 Å². The summed E-state index contributed by atoms with van der Waals surface area (Å²) in [7, 11) is 1.78. The average Bonchev–Trinajstić information content (AvgIpc) is 2.78.